The van der Waals surface area contributed by atoms with Gasteiger partial charge in [0.2, 0.25) is 0 Å². The molecule has 0 N–H and O–H groups in total. The van der Waals surface area contributed by atoms with Crippen LogP contribution in [0.5, 0.6) is 0 Å². The molecule has 0 radical (unpaired) electrons. The van der Waals surface area contributed by atoms with Crippen LogP contribution in [-0.2, 0) is 13.1 Å². The van der Waals surface area contributed by atoms with Crippen molar-refractivity contribution in [1.82, 2.24) is 19.8 Å². The Hall–Kier alpha value is -2.40. The highest BCUT2D eigenvalue weighted by molar-refractivity contribution is 5.37. The number of aryl methyl sites for hydroxylation is 4. The highest BCUT2D eigenvalue weighted by atomic mass is 16.5. The largest absolute Gasteiger partial charge is 0.361 e. The van der Waals surface area contributed by atoms with E-state index in [9.17, 15) is 0 Å². The van der Waals surface area contributed by atoms with Crippen LogP contribution in [0.4, 0.5) is 0 Å². The molecule has 0 atom stereocenters. The Morgan fingerprint density at radius 1 is 1.08 bits per heavy atom. The molecule has 24 heavy (non-hydrogen) atoms. The van der Waals surface area contributed by atoms with Gasteiger partial charge in [-0.3, -0.25) is 4.90 Å². The molecule has 126 valence electrons. The summed E-state index contributed by atoms with van der Waals surface area (Å²) >= 11 is 0. The average Bonchev–Trinajstić information content (AvgIpc) is 3.03. The molecule has 5 nitrogen and oxygen atoms in total. The summed E-state index contributed by atoms with van der Waals surface area (Å²) in [5.74, 6) is 0.899. The zero-order valence-corrected chi connectivity index (χ0v) is 15.0. The monoisotopic (exact) mass is 324 g/mol. The van der Waals surface area contributed by atoms with Gasteiger partial charge >= 0.3 is 0 Å². The van der Waals surface area contributed by atoms with Gasteiger partial charge in [-0.05, 0) is 58.5 Å². The maximum Gasteiger partial charge on any atom is 0.138 e. The van der Waals surface area contributed by atoms with Gasteiger partial charge < -0.3 is 4.52 Å². The van der Waals surface area contributed by atoms with Crippen LogP contribution in [0.3, 0.4) is 0 Å². The van der Waals surface area contributed by atoms with Crippen molar-refractivity contribution in [2.45, 2.75) is 40.8 Å². The number of hydrogen-bond donors (Lipinski definition) is 0. The lowest BCUT2D eigenvalue weighted by atomic mass is 10.1. The van der Waals surface area contributed by atoms with Crippen LogP contribution < -0.4 is 0 Å². The molecule has 0 unspecified atom stereocenters. The van der Waals surface area contributed by atoms with Gasteiger partial charge in [-0.25, -0.2) is 4.68 Å². The van der Waals surface area contributed by atoms with E-state index in [1.54, 1.807) is 0 Å². The van der Waals surface area contributed by atoms with Crippen LogP contribution in [0.2, 0.25) is 0 Å². The number of hydrogen-bond acceptors (Lipinski definition) is 4. The van der Waals surface area contributed by atoms with E-state index in [0.717, 1.165) is 41.6 Å². The average molecular weight is 324 g/mol. The third-order valence-corrected chi connectivity index (χ3v) is 4.23. The van der Waals surface area contributed by atoms with Gasteiger partial charge in [0.1, 0.15) is 5.76 Å². The molecule has 0 bridgehead atoms. The van der Waals surface area contributed by atoms with Crippen molar-refractivity contribution in [3.63, 3.8) is 0 Å². The quantitative estimate of drug-likeness (QED) is 0.717. The molecule has 0 saturated heterocycles. The third-order valence-electron chi connectivity index (χ3n) is 4.23. The van der Waals surface area contributed by atoms with E-state index in [1.807, 2.05) is 25.5 Å². The molecular weight excluding hydrogens is 300 g/mol. The van der Waals surface area contributed by atoms with Gasteiger partial charge in [0.15, 0.2) is 0 Å². The minimum absolute atomic E-state index is 0.825. The lowest BCUT2D eigenvalue weighted by Gasteiger charge is -2.17. The molecule has 0 spiro atoms. The number of rotatable bonds is 5. The van der Waals surface area contributed by atoms with Crippen molar-refractivity contribution < 1.29 is 4.52 Å². The van der Waals surface area contributed by atoms with Crippen LogP contribution in [0.25, 0.3) is 5.69 Å². The summed E-state index contributed by atoms with van der Waals surface area (Å²) in [6, 6.07) is 10.6. The molecule has 0 aliphatic rings. The lowest BCUT2D eigenvalue weighted by Crippen LogP contribution is -2.18. The number of nitrogens with zero attached hydrogens (tertiary/aromatic N) is 4. The fourth-order valence-corrected chi connectivity index (χ4v) is 3.04. The van der Waals surface area contributed by atoms with Gasteiger partial charge in [-0.2, -0.15) is 5.10 Å². The van der Waals surface area contributed by atoms with Crippen LogP contribution in [0.1, 0.15) is 34.0 Å². The van der Waals surface area contributed by atoms with Gasteiger partial charge in [0.05, 0.1) is 17.1 Å². The fraction of sp³-hybridized carbons (Fsp3) is 0.368. The predicted molar refractivity (Wildman–Crippen MR) is 94.2 cm³/mol. The van der Waals surface area contributed by atoms with E-state index in [0.29, 0.717) is 0 Å². The van der Waals surface area contributed by atoms with E-state index in [4.69, 9.17) is 4.52 Å². The Balaban J connectivity index is 1.76. The molecule has 1 aromatic carbocycles. The first-order chi connectivity index (χ1) is 11.4. The van der Waals surface area contributed by atoms with E-state index >= 15 is 0 Å². The van der Waals surface area contributed by atoms with Crippen LogP contribution in [0, 0.1) is 27.7 Å². The molecule has 3 rings (SSSR count). The highest BCUT2D eigenvalue weighted by Gasteiger charge is 2.12. The molecule has 2 aromatic heterocycles. The minimum Gasteiger partial charge on any atom is -0.361 e. The van der Waals surface area contributed by atoms with Crippen molar-refractivity contribution in [3.05, 3.63) is 64.3 Å². The molecule has 5 heteroatoms. The Bertz CT molecular complexity index is 827. The van der Waals surface area contributed by atoms with Crippen LogP contribution in [-0.4, -0.2) is 26.9 Å². The van der Waals surface area contributed by atoms with Crippen molar-refractivity contribution in [2.24, 2.45) is 0 Å². The minimum atomic E-state index is 0.825. The molecular formula is C19H24N4O. The Morgan fingerprint density at radius 3 is 2.50 bits per heavy atom. The third kappa shape index (κ3) is 3.41. The topological polar surface area (TPSA) is 47.1 Å². The molecule has 0 saturated carbocycles. The second-order valence-corrected chi connectivity index (χ2v) is 6.48. The molecule has 2 heterocycles. The summed E-state index contributed by atoms with van der Waals surface area (Å²) in [6.45, 7) is 9.74. The number of benzene rings is 1. The maximum absolute atomic E-state index is 5.25. The molecule has 3 aromatic rings. The second-order valence-electron chi connectivity index (χ2n) is 6.48. The zero-order valence-electron chi connectivity index (χ0n) is 15.0. The van der Waals surface area contributed by atoms with E-state index in [1.165, 1.54) is 11.1 Å². The van der Waals surface area contributed by atoms with Gasteiger partial charge in [-0.1, -0.05) is 17.3 Å². The van der Waals surface area contributed by atoms with Crippen molar-refractivity contribution in [3.8, 4) is 5.69 Å². The second kappa shape index (κ2) is 6.61. The predicted octanol–water partition coefficient (Wildman–Crippen LogP) is 3.73. The highest BCUT2D eigenvalue weighted by Crippen LogP contribution is 2.18. The lowest BCUT2D eigenvalue weighted by molar-refractivity contribution is 0.315. The summed E-state index contributed by atoms with van der Waals surface area (Å²) in [7, 11) is 2.11. The van der Waals surface area contributed by atoms with E-state index in [-0.39, 0.29) is 0 Å². The summed E-state index contributed by atoms with van der Waals surface area (Å²) in [5.41, 5.74) is 6.68. The molecule has 0 amide bonds. The Kier molecular flexibility index (Phi) is 4.53. The first kappa shape index (κ1) is 16.5. The first-order valence-electron chi connectivity index (χ1n) is 8.17. The Labute approximate surface area is 142 Å². The fourth-order valence-electron chi connectivity index (χ4n) is 3.04. The van der Waals surface area contributed by atoms with Crippen molar-refractivity contribution >= 4 is 0 Å². The molecule has 0 fully saturated rings. The van der Waals surface area contributed by atoms with Crippen LogP contribution >= 0.6 is 0 Å². The van der Waals surface area contributed by atoms with E-state index in [2.05, 4.69) is 59.5 Å². The SMILES string of the molecule is Cc1cc(C)n(-c2cccc(CN(C)Cc3c(C)noc3C)c2)n1. The van der Waals surface area contributed by atoms with Crippen LogP contribution in [0.15, 0.2) is 34.9 Å². The summed E-state index contributed by atoms with van der Waals surface area (Å²) in [5, 5.41) is 8.60. The van der Waals surface area contributed by atoms with Gasteiger partial charge in [0, 0.05) is 24.3 Å². The summed E-state index contributed by atoms with van der Waals surface area (Å²) in [4.78, 5) is 2.27. The van der Waals surface area contributed by atoms with E-state index < -0.39 is 0 Å². The summed E-state index contributed by atoms with van der Waals surface area (Å²) in [6.07, 6.45) is 0. The smallest absolute Gasteiger partial charge is 0.138 e. The van der Waals surface area contributed by atoms with Gasteiger partial charge in [-0.15, -0.1) is 0 Å². The molecule has 0 aliphatic heterocycles. The summed E-state index contributed by atoms with van der Waals surface area (Å²) < 4.78 is 7.24. The van der Waals surface area contributed by atoms with Crippen molar-refractivity contribution in [2.75, 3.05) is 7.05 Å². The van der Waals surface area contributed by atoms with Gasteiger partial charge in [0.25, 0.3) is 0 Å². The molecule has 0 aliphatic carbocycles. The standard InChI is InChI=1S/C19H24N4O/c1-13-9-14(2)23(20-13)18-8-6-7-17(10-18)11-22(5)12-19-15(3)21-24-16(19)4/h6-10H,11-12H2,1-5H3. The normalized spacial score (nSPS) is 11.4. The Morgan fingerprint density at radius 2 is 1.88 bits per heavy atom. The first-order valence-corrected chi connectivity index (χ1v) is 8.17. The number of aromatic nitrogens is 3. The zero-order chi connectivity index (χ0) is 17.3. The van der Waals surface area contributed by atoms with Crippen molar-refractivity contribution in [1.29, 1.82) is 0 Å². The maximum atomic E-state index is 5.25.